The summed E-state index contributed by atoms with van der Waals surface area (Å²) in [5, 5.41) is 0. The highest BCUT2D eigenvalue weighted by atomic mass is 32.2. The van der Waals surface area contributed by atoms with Gasteiger partial charge >= 0.3 is 0 Å². The number of nitrogens with zero attached hydrogens (tertiary/aromatic N) is 4. The minimum atomic E-state index is 0.0998. The molecule has 2 atom stereocenters. The first-order valence-corrected chi connectivity index (χ1v) is 25.8. The summed E-state index contributed by atoms with van der Waals surface area (Å²) in [5.74, 6) is 1.10. The maximum absolute atomic E-state index is 5.34. The van der Waals surface area contributed by atoms with Gasteiger partial charge in [-0.25, -0.2) is 0 Å². The molecule has 53 heavy (non-hydrogen) atoms. The number of hydrogen-bond donors (Lipinski definition) is 0. The summed E-state index contributed by atoms with van der Waals surface area (Å²) in [7, 11) is 5.02. The van der Waals surface area contributed by atoms with Crippen LogP contribution in [0.2, 0.25) is 12.1 Å². The molecule has 0 amide bonds. The molecule has 0 aromatic rings. The Morgan fingerprint density at radius 2 is 0.660 bits per heavy atom. The first kappa shape index (κ1) is 53.5. The van der Waals surface area contributed by atoms with Crippen molar-refractivity contribution in [2.45, 2.75) is 207 Å². The van der Waals surface area contributed by atoms with Crippen molar-refractivity contribution in [2.24, 2.45) is 11.8 Å². The Labute approximate surface area is 343 Å². The number of rotatable bonds is 38. The first-order chi connectivity index (χ1) is 25.5. The van der Waals surface area contributed by atoms with Crippen molar-refractivity contribution in [1.29, 1.82) is 0 Å². The Balaban J connectivity index is 7.28. The Morgan fingerprint density at radius 3 is 0.887 bits per heavy atom. The monoisotopic (exact) mass is 799 g/mol. The molecule has 0 spiro atoms. The SMILES string of the molecule is CCN(CC)C(N(CC)CC)C(CCCCCCCC[Si]OC)(SC(CCCCCCCC[Si]OC)(C(C)C)C(N(CC)CC)N(CC)CC)C(C)C. The summed E-state index contributed by atoms with van der Waals surface area (Å²) in [5.41, 5.74) is 0. The van der Waals surface area contributed by atoms with E-state index in [9.17, 15) is 0 Å². The summed E-state index contributed by atoms with van der Waals surface area (Å²) >= 11 is 2.52. The average molecular weight is 800 g/mol. The van der Waals surface area contributed by atoms with E-state index in [1.807, 2.05) is 14.2 Å². The van der Waals surface area contributed by atoms with E-state index in [0.717, 1.165) is 52.4 Å². The number of thioether (sulfide) groups is 1. The fourth-order valence-electron chi connectivity index (χ4n) is 9.02. The molecule has 0 aliphatic carbocycles. The van der Waals surface area contributed by atoms with Gasteiger partial charge in [-0.05, 0) is 89.1 Å². The summed E-state index contributed by atoms with van der Waals surface area (Å²) in [6, 6.07) is 2.45. The highest BCUT2D eigenvalue weighted by Gasteiger charge is 2.56. The van der Waals surface area contributed by atoms with E-state index in [-0.39, 0.29) is 9.49 Å². The fraction of sp³-hybridized carbons (Fsp3) is 1.00. The van der Waals surface area contributed by atoms with Crippen molar-refractivity contribution in [3.8, 4) is 0 Å². The largest absolute Gasteiger partial charge is 0.421 e. The van der Waals surface area contributed by atoms with Gasteiger partial charge in [0.1, 0.15) is 0 Å². The maximum Gasteiger partial charge on any atom is 0.229 e. The van der Waals surface area contributed by atoms with Gasteiger partial charge in [-0.2, -0.15) is 0 Å². The summed E-state index contributed by atoms with van der Waals surface area (Å²) in [6.45, 7) is 38.5. The molecule has 4 radical (unpaired) electrons. The lowest BCUT2D eigenvalue weighted by Crippen LogP contribution is -2.68. The molecular formula is C44H94N4O2SSi2. The predicted octanol–water partition coefficient (Wildman–Crippen LogP) is 11.4. The van der Waals surface area contributed by atoms with Crippen molar-refractivity contribution >= 4 is 31.3 Å². The van der Waals surface area contributed by atoms with Crippen molar-refractivity contribution in [3.63, 3.8) is 0 Å². The van der Waals surface area contributed by atoms with Gasteiger partial charge in [0.05, 0.1) is 12.3 Å². The zero-order valence-electron chi connectivity index (χ0n) is 38.3. The van der Waals surface area contributed by atoms with Gasteiger partial charge in [-0.1, -0.05) is 160 Å². The van der Waals surface area contributed by atoms with Crippen LogP contribution in [-0.2, 0) is 8.85 Å². The highest BCUT2D eigenvalue weighted by Crippen LogP contribution is 2.56. The molecule has 0 saturated carbocycles. The lowest BCUT2D eigenvalue weighted by molar-refractivity contribution is -0.00436. The first-order valence-electron chi connectivity index (χ1n) is 22.7. The molecule has 0 rings (SSSR count). The molecule has 6 nitrogen and oxygen atoms in total. The lowest BCUT2D eigenvalue weighted by Gasteiger charge is -2.60. The second-order valence-electron chi connectivity index (χ2n) is 15.9. The van der Waals surface area contributed by atoms with E-state index in [1.54, 1.807) is 0 Å². The molecular weight excluding hydrogens is 705 g/mol. The van der Waals surface area contributed by atoms with Crippen LogP contribution in [0.25, 0.3) is 0 Å². The third-order valence-electron chi connectivity index (χ3n) is 12.3. The Kier molecular flexibility index (Phi) is 32.8. The molecule has 0 aromatic carbocycles. The minimum Gasteiger partial charge on any atom is -0.421 e. The molecule has 316 valence electrons. The minimum absolute atomic E-state index is 0.0998. The summed E-state index contributed by atoms with van der Waals surface area (Å²) < 4.78 is 10.9. The van der Waals surface area contributed by atoms with E-state index >= 15 is 0 Å². The van der Waals surface area contributed by atoms with Crippen LogP contribution in [-0.4, -0.2) is 128 Å². The molecule has 0 heterocycles. The van der Waals surface area contributed by atoms with Crippen LogP contribution in [0.5, 0.6) is 0 Å². The zero-order chi connectivity index (χ0) is 40.1. The Hall–Kier alpha value is 0.544. The molecule has 0 N–H and O–H groups in total. The predicted molar refractivity (Wildman–Crippen MR) is 242 cm³/mol. The molecule has 0 aliphatic heterocycles. The molecule has 0 aromatic heterocycles. The average Bonchev–Trinajstić information content (AvgIpc) is 3.15. The number of hydrogen-bond acceptors (Lipinski definition) is 7. The van der Waals surface area contributed by atoms with Gasteiger partial charge in [0.15, 0.2) is 0 Å². The quantitative estimate of drug-likeness (QED) is 0.0349. The second-order valence-corrected chi connectivity index (χ2v) is 20.0. The third-order valence-corrected chi connectivity index (χ3v) is 16.5. The standard InChI is InChI=1S/C44H94N4O2SSi2/c1-15-45(16-2)41(46(17-3)18-4)43(39(9)10,35-31-27-23-25-29-33-37-52-49-13)51-44(40(11)12,36-32-28-24-26-30-34-38-53-50-14)42(47(19-5)20-6)48(21-7)22-8/h39-42H,15-38H2,1-14H3. The normalized spacial score (nSPS) is 15.1. The van der Waals surface area contributed by atoms with Crippen molar-refractivity contribution in [1.82, 2.24) is 19.6 Å². The zero-order valence-corrected chi connectivity index (χ0v) is 41.1. The Bertz CT molecular complexity index is 726. The van der Waals surface area contributed by atoms with Crippen molar-refractivity contribution in [3.05, 3.63) is 0 Å². The molecule has 9 heteroatoms. The maximum atomic E-state index is 5.34. The highest BCUT2D eigenvalue weighted by molar-refractivity contribution is 8.02. The van der Waals surface area contributed by atoms with Gasteiger partial charge in [-0.3, -0.25) is 19.6 Å². The lowest BCUT2D eigenvalue weighted by atomic mass is 9.83. The van der Waals surface area contributed by atoms with Gasteiger partial charge in [0.2, 0.25) is 19.5 Å². The van der Waals surface area contributed by atoms with Gasteiger partial charge in [-0.15, -0.1) is 11.8 Å². The molecule has 0 saturated heterocycles. The molecule has 0 bridgehead atoms. The third kappa shape index (κ3) is 17.9. The van der Waals surface area contributed by atoms with Crippen LogP contribution >= 0.6 is 11.8 Å². The van der Waals surface area contributed by atoms with Crippen LogP contribution in [0.3, 0.4) is 0 Å². The van der Waals surface area contributed by atoms with Crippen molar-refractivity contribution in [2.75, 3.05) is 66.6 Å². The molecule has 0 aliphatic rings. The number of unbranched alkanes of at least 4 members (excludes halogenated alkanes) is 10. The second kappa shape index (κ2) is 32.5. The summed E-state index contributed by atoms with van der Waals surface area (Å²) in [4.78, 5) is 11.4. The molecule has 2 unspecified atom stereocenters. The summed E-state index contributed by atoms with van der Waals surface area (Å²) in [6.07, 6.45) is 19.5. The van der Waals surface area contributed by atoms with E-state index in [1.165, 1.54) is 102 Å². The van der Waals surface area contributed by atoms with Crippen LogP contribution < -0.4 is 0 Å². The van der Waals surface area contributed by atoms with Gasteiger partial charge in [0, 0.05) is 23.7 Å². The van der Waals surface area contributed by atoms with Gasteiger partial charge < -0.3 is 8.85 Å². The fourth-order valence-corrected chi connectivity index (χ4v) is 12.7. The topological polar surface area (TPSA) is 31.4 Å². The Morgan fingerprint density at radius 1 is 0.415 bits per heavy atom. The van der Waals surface area contributed by atoms with Crippen LogP contribution in [0.15, 0.2) is 0 Å². The van der Waals surface area contributed by atoms with Crippen molar-refractivity contribution < 1.29 is 8.85 Å². The van der Waals surface area contributed by atoms with Gasteiger partial charge in [0.25, 0.3) is 0 Å². The van der Waals surface area contributed by atoms with E-state index in [4.69, 9.17) is 8.85 Å². The van der Waals surface area contributed by atoms with E-state index < -0.39 is 0 Å². The smallest absolute Gasteiger partial charge is 0.229 e. The van der Waals surface area contributed by atoms with Crippen LogP contribution in [0.4, 0.5) is 0 Å². The van der Waals surface area contributed by atoms with E-state index in [0.29, 0.717) is 43.7 Å². The van der Waals surface area contributed by atoms with Crippen LogP contribution in [0, 0.1) is 11.8 Å². The molecule has 0 fully saturated rings. The van der Waals surface area contributed by atoms with E-state index in [2.05, 4.69) is 114 Å². The van der Waals surface area contributed by atoms with Crippen LogP contribution in [0.1, 0.15) is 173 Å².